The van der Waals surface area contributed by atoms with E-state index in [1.54, 1.807) is 0 Å². The second-order valence-electron chi connectivity index (χ2n) is 5.43. The second kappa shape index (κ2) is 4.71. The molecule has 0 atom stereocenters. The van der Waals surface area contributed by atoms with Crippen LogP contribution in [0.5, 0.6) is 0 Å². The third-order valence-corrected chi connectivity index (χ3v) is 4.09. The molecule has 1 aliphatic rings. The zero-order valence-electron chi connectivity index (χ0n) is 11.3. The minimum atomic E-state index is 0.953. The molecular formula is C18H16N2. The molecule has 98 valence electrons. The summed E-state index contributed by atoms with van der Waals surface area (Å²) in [4.78, 5) is 9.24. The summed E-state index contributed by atoms with van der Waals surface area (Å²) in [7, 11) is 0. The van der Waals surface area contributed by atoms with Gasteiger partial charge in [0.15, 0.2) is 0 Å². The monoisotopic (exact) mass is 260 g/mol. The van der Waals surface area contributed by atoms with Gasteiger partial charge in [-0.3, -0.25) is 4.98 Å². The predicted molar refractivity (Wildman–Crippen MR) is 81.6 cm³/mol. The molecule has 0 N–H and O–H groups in total. The van der Waals surface area contributed by atoms with E-state index in [2.05, 4.69) is 23.2 Å². The van der Waals surface area contributed by atoms with Gasteiger partial charge in [-0.25, -0.2) is 4.98 Å². The van der Waals surface area contributed by atoms with Gasteiger partial charge in [0, 0.05) is 5.56 Å². The molecule has 0 unspecified atom stereocenters. The molecular weight excluding hydrogens is 244 g/mol. The molecule has 0 fully saturated rings. The molecule has 2 heteroatoms. The maximum absolute atomic E-state index is 4.73. The summed E-state index contributed by atoms with van der Waals surface area (Å²) >= 11 is 0. The Morgan fingerprint density at radius 2 is 1.60 bits per heavy atom. The number of fused-ring (bicyclic) bond motifs is 2. The summed E-state index contributed by atoms with van der Waals surface area (Å²) in [6, 6.07) is 14.8. The van der Waals surface area contributed by atoms with Crippen LogP contribution >= 0.6 is 0 Å². The van der Waals surface area contributed by atoms with Crippen LogP contribution in [0.1, 0.15) is 24.0 Å². The lowest BCUT2D eigenvalue weighted by molar-refractivity contribution is 0.686. The molecule has 1 aliphatic carbocycles. The Morgan fingerprint density at radius 1 is 0.800 bits per heavy atom. The molecule has 20 heavy (non-hydrogen) atoms. The topological polar surface area (TPSA) is 25.8 Å². The average Bonchev–Trinajstić information content (AvgIpc) is 2.54. The first-order valence-electron chi connectivity index (χ1n) is 7.24. The van der Waals surface area contributed by atoms with Crippen LogP contribution in [0.3, 0.4) is 0 Å². The van der Waals surface area contributed by atoms with E-state index in [0.717, 1.165) is 16.7 Å². The highest BCUT2D eigenvalue weighted by molar-refractivity contribution is 5.77. The van der Waals surface area contributed by atoms with Gasteiger partial charge >= 0.3 is 0 Å². The van der Waals surface area contributed by atoms with Crippen LogP contribution in [0.15, 0.2) is 48.7 Å². The summed E-state index contributed by atoms with van der Waals surface area (Å²) < 4.78 is 0. The first kappa shape index (κ1) is 11.6. The zero-order chi connectivity index (χ0) is 13.4. The minimum absolute atomic E-state index is 0.953. The van der Waals surface area contributed by atoms with E-state index >= 15 is 0 Å². The molecule has 0 aliphatic heterocycles. The van der Waals surface area contributed by atoms with Crippen molar-refractivity contribution in [2.45, 2.75) is 25.7 Å². The van der Waals surface area contributed by atoms with Crippen molar-refractivity contribution in [1.82, 2.24) is 9.97 Å². The van der Waals surface area contributed by atoms with E-state index in [4.69, 9.17) is 4.98 Å². The lowest BCUT2D eigenvalue weighted by Crippen LogP contribution is -2.02. The molecule has 1 heterocycles. The van der Waals surface area contributed by atoms with E-state index in [9.17, 15) is 0 Å². The van der Waals surface area contributed by atoms with Crippen molar-refractivity contribution in [3.63, 3.8) is 0 Å². The quantitative estimate of drug-likeness (QED) is 0.656. The summed E-state index contributed by atoms with van der Waals surface area (Å²) in [6.07, 6.45) is 6.93. The number of hydrogen-bond acceptors (Lipinski definition) is 2. The fourth-order valence-corrected chi connectivity index (χ4v) is 2.99. The van der Waals surface area contributed by atoms with Gasteiger partial charge in [-0.1, -0.05) is 24.3 Å². The molecule has 2 aromatic carbocycles. The summed E-state index contributed by atoms with van der Waals surface area (Å²) in [6.45, 7) is 0. The molecule has 0 radical (unpaired) electrons. The lowest BCUT2D eigenvalue weighted by Gasteiger charge is -2.16. The van der Waals surface area contributed by atoms with E-state index < -0.39 is 0 Å². The summed E-state index contributed by atoms with van der Waals surface area (Å²) in [5.74, 6) is 0. The Balaban J connectivity index is 1.82. The molecule has 2 nitrogen and oxygen atoms in total. The van der Waals surface area contributed by atoms with E-state index in [-0.39, 0.29) is 0 Å². The highest BCUT2D eigenvalue weighted by Gasteiger charge is 2.11. The molecule has 0 saturated carbocycles. The van der Waals surface area contributed by atoms with Crippen molar-refractivity contribution in [3.8, 4) is 11.3 Å². The van der Waals surface area contributed by atoms with Crippen molar-refractivity contribution in [1.29, 1.82) is 0 Å². The Bertz CT molecular complexity index is 777. The van der Waals surface area contributed by atoms with Crippen molar-refractivity contribution in [2.75, 3.05) is 0 Å². The van der Waals surface area contributed by atoms with Crippen LogP contribution in [0, 0.1) is 0 Å². The van der Waals surface area contributed by atoms with Crippen LogP contribution in [-0.4, -0.2) is 9.97 Å². The Labute approximate surface area is 118 Å². The van der Waals surface area contributed by atoms with E-state index in [1.807, 2.05) is 30.5 Å². The van der Waals surface area contributed by atoms with Gasteiger partial charge in [0.25, 0.3) is 0 Å². The first-order valence-corrected chi connectivity index (χ1v) is 7.24. The number of aryl methyl sites for hydroxylation is 2. The van der Waals surface area contributed by atoms with Crippen molar-refractivity contribution >= 4 is 11.0 Å². The highest BCUT2D eigenvalue weighted by atomic mass is 14.8. The van der Waals surface area contributed by atoms with Gasteiger partial charge in [-0.05, 0) is 55.0 Å². The summed E-state index contributed by atoms with van der Waals surface area (Å²) in [5.41, 5.74) is 7.07. The predicted octanol–water partition coefficient (Wildman–Crippen LogP) is 4.18. The maximum atomic E-state index is 4.73. The Morgan fingerprint density at radius 3 is 2.50 bits per heavy atom. The van der Waals surface area contributed by atoms with Gasteiger partial charge in [-0.2, -0.15) is 0 Å². The summed E-state index contributed by atoms with van der Waals surface area (Å²) in [5, 5.41) is 0. The SMILES string of the molecule is c1ccc2nc(-c3ccc4c(c3)CCCC4)cnc2c1. The van der Waals surface area contributed by atoms with Gasteiger partial charge in [0.05, 0.1) is 22.9 Å². The number of hydrogen-bond donors (Lipinski definition) is 0. The van der Waals surface area contributed by atoms with Crippen LogP contribution in [-0.2, 0) is 12.8 Å². The van der Waals surface area contributed by atoms with E-state index in [1.165, 1.54) is 42.4 Å². The normalized spacial score (nSPS) is 14.2. The number of aromatic nitrogens is 2. The van der Waals surface area contributed by atoms with Crippen LogP contribution < -0.4 is 0 Å². The molecule has 0 spiro atoms. The fourth-order valence-electron chi connectivity index (χ4n) is 2.99. The molecule has 0 amide bonds. The molecule has 0 saturated heterocycles. The van der Waals surface area contributed by atoms with Gasteiger partial charge in [0.1, 0.15) is 0 Å². The fraction of sp³-hybridized carbons (Fsp3) is 0.222. The third kappa shape index (κ3) is 1.97. The van der Waals surface area contributed by atoms with Crippen molar-refractivity contribution < 1.29 is 0 Å². The third-order valence-electron chi connectivity index (χ3n) is 4.09. The van der Waals surface area contributed by atoms with Crippen LogP contribution in [0.2, 0.25) is 0 Å². The Kier molecular flexibility index (Phi) is 2.73. The molecule has 1 aromatic heterocycles. The minimum Gasteiger partial charge on any atom is -0.252 e. The van der Waals surface area contributed by atoms with E-state index in [0.29, 0.717) is 0 Å². The zero-order valence-corrected chi connectivity index (χ0v) is 11.3. The van der Waals surface area contributed by atoms with Crippen LogP contribution in [0.25, 0.3) is 22.3 Å². The molecule has 4 rings (SSSR count). The number of rotatable bonds is 1. The molecule has 0 bridgehead atoms. The van der Waals surface area contributed by atoms with Gasteiger partial charge in [-0.15, -0.1) is 0 Å². The maximum Gasteiger partial charge on any atom is 0.0894 e. The average molecular weight is 260 g/mol. The second-order valence-corrected chi connectivity index (χ2v) is 5.43. The van der Waals surface area contributed by atoms with Crippen molar-refractivity contribution in [3.05, 3.63) is 59.8 Å². The Hall–Kier alpha value is -2.22. The lowest BCUT2D eigenvalue weighted by atomic mass is 9.90. The van der Waals surface area contributed by atoms with Crippen LogP contribution in [0.4, 0.5) is 0 Å². The standard InChI is InChI=1S/C18H16N2/c1-2-6-14-11-15(10-9-13(14)5-1)18-12-19-16-7-3-4-8-17(16)20-18/h3-4,7-12H,1-2,5-6H2. The number of para-hydroxylation sites is 2. The number of benzene rings is 2. The number of nitrogens with zero attached hydrogens (tertiary/aromatic N) is 2. The first-order chi connectivity index (χ1) is 9.90. The largest absolute Gasteiger partial charge is 0.252 e. The molecule has 3 aromatic rings. The smallest absolute Gasteiger partial charge is 0.0894 e. The van der Waals surface area contributed by atoms with Gasteiger partial charge in [0.2, 0.25) is 0 Å². The highest BCUT2D eigenvalue weighted by Crippen LogP contribution is 2.27. The van der Waals surface area contributed by atoms with Crippen molar-refractivity contribution in [2.24, 2.45) is 0 Å². The van der Waals surface area contributed by atoms with Gasteiger partial charge < -0.3 is 0 Å².